The molecule has 2 aliphatic carbocycles. The van der Waals surface area contributed by atoms with E-state index in [0.29, 0.717) is 6.04 Å². The molecule has 1 aliphatic heterocycles. The summed E-state index contributed by atoms with van der Waals surface area (Å²) in [6, 6.07) is 15.6. The number of amides is 1. The van der Waals surface area contributed by atoms with E-state index in [-0.39, 0.29) is 11.9 Å². The SMILES string of the molecule is CN1CCCCC1c1ccc2c(c1)CC[C@H](N(C)C(=O)c1ccc(OCC3CC3)cc1)C2. The fourth-order valence-corrected chi connectivity index (χ4v) is 5.35. The van der Waals surface area contributed by atoms with Gasteiger partial charge in [0.15, 0.2) is 0 Å². The number of carbonyl (C=O) groups excluding carboxylic acids is 1. The van der Waals surface area contributed by atoms with Crippen LogP contribution in [0.5, 0.6) is 5.75 Å². The van der Waals surface area contributed by atoms with Gasteiger partial charge in [-0.3, -0.25) is 9.69 Å². The fourth-order valence-electron chi connectivity index (χ4n) is 5.35. The average molecular weight is 433 g/mol. The lowest BCUT2D eigenvalue weighted by atomic mass is 9.84. The van der Waals surface area contributed by atoms with Gasteiger partial charge in [0.2, 0.25) is 0 Å². The second-order valence-electron chi connectivity index (χ2n) is 10.1. The molecule has 1 unspecified atom stereocenters. The van der Waals surface area contributed by atoms with Gasteiger partial charge in [-0.25, -0.2) is 0 Å². The normalized spacial score (nSPS) is 23.4. The number of hydrogen-bond acceptors (Lipinski definition) is 3. The number of rotatable bonds is 6. The predicted molar refractivity (Wildman–Crippen MR) is 128 cm³/mol. The number of carbonyl (C=O) groups is 1. The van der Waals surface area contributed by atoms with Crippen LogP contribution in [-0.2, 0) is 12.8 Å². The summed E-state index contributed by atoms with van der Waals surface area (Å²) >= 11 is 0. The Morgan fingerprint density at radius 3 is 2.59 bits per heavy atom. The number of fused-ring (bicyclic) bond motifs is 1. The second-order valence-corrected chi connectivity index (χ2v) is 10.1. The van der Waals surface area contributed by atoms with Gasteiger partial charge in [0.05, 0.1) is 6.61 Å². The molecule has 1 heterocycles. The molecule has 5 rings (SSSR count). The number of nitrogens with zero attached hydrogens (tertiary/aromatic N) is 2. The Kier molecular flexibility index (Phi) is 6.23. The first-order valence-electron chi connectivity index (χ1n) is 12.4. The summed E-state index contributed by atoms with van der Waals surface area (Å²) in [6.07, 6.45) is 9.50. The molecule has 2 atom stereocenters. The minimum Gasteiger partial charge on any atom is -0.493 e. The predicted octanol–water partition coefficient (Wildman–Crippen LogP) is 5.26. The van der Waals surface area contributed by atoms with Gasteiger partial charge >= 0.3 is 0 Å². The summed E-state index contributed by atoms with van der Waals surface area (Å²) in [6.45, 7) is 2.00. The Labute approximate surface area is 192 Å². The number of benzene rings is 2. The van der Waals surface area contributed by atoms with Crippen LogP contribution in [0, 0.1) is 5.92 Å². The van der Waals surface area contributed by atoms with E-state index in [1.54, 1.807) is 0 Å². The van der Waals surface area contributed by atoms with Crippen molar-refractivity contribution in [1.29, 1.82) is 0 Å². The lowest BCUT2D eigenvalue weighted by Crippen LogP contribution is -2.40. The number of likely N-dealkylation sites (tertiary alicyclic amines) is 1. The van der Waals surface area contributed by atoms with Crippen LogP contribution in [0.25, 0.3) is 0 Å². The van der Waals surface area contributed by atoms with Gasteiger partial charge in [-0.1, -0.05) is 24.6 Å². The minimum atomic E-state index is 0.104. The lowest BCUT2D eigenvalue weighted by Gasteiger charge is -2.35. The number of aryl methyl sites for hydroxylation is 1. The molecule has 1 amide bonds. The molecule has 0 radical (unpaired) electrons. The molecule has 2 fully saturated rings. The Hall–Kier alpha value is -2.33. The van der Waals surface area contributed by atoms with E-state index in [1.807, 2.05) is 36.2 Å². The van der Waals surface area contributed by atoms with E-state index in [9.17, 15) is 4.79 Å². The quantitative estimate of drug-likeness (QED) is 0.624. The van der Waals surface area contributed by atoms with Crippen LogP contribution in [0.1, 0.15) is 71.6 Å². The summed E-state index contributed by atoms with van der Waals surface area (Å²) in [5.74, 6) is 1.70. The molecule has 170 valence electrons. The Morgan fingerprint density at radius 2 is 1.84 bits per heavy atom. The van der Waals surface area contributed by atoms with E-state index in [2.05, 4.69) is 30.1 Å². The van der Waals surface area contributed by atoms with E-state index in [4.69, 9.17) is 4.74 Å². The van der Waals surface area contributed by atoms with Crippen molar-refractivity contribution in [3.05, 3.63) is 64.7 Å². The lowest BCUT2D eigenvalue weighted by molar-refractivity contribution is 0.0719. The smallest absolute Gasteiger partial charge is 0.253 e. The maximum Gasteiger partial charge on any atom is 0.253 e. The number of ether oxygens (including phenoxy) is 1. The topological polar surface area (TPSA) is 32.8 Å². The van der Waals surface area contributed by atoms with E-state index in [0.717, 1.165) is 43.1 Å². The summed E-state index contributed by atoms with van der Waals surface area (Å²) in [5.41, 5.74) is 5.10. The van der Waals surface area contributed by atoms with Crippen molar-refractivity contribution in [3.63, 3.8) is 0 Å². The molecule has 3 aliphatic rings. The molecular formula is C28H36N2O2. The van der Waals surface area contributed by atoms with Crippen LogP contribution in [0.15, 0.2) is 42.5 Å². The zero-order valence-corrected chi connectivity index (χ0v) is 19.6. The summed E-state index contributed by atoms with van der Waals surface area (Å²) in [5, 5.41) is 0. The van der Waals surface area contributed by atoms with E-state index in [1.165, 1.54) is 55.3 Å². The third kappa shape index (κ3) is 4.71. The van der Waals surface area contributed by atoms with Crippen molar-refractivity contribution in [2.24, 2.45) is 5.92 Å². The van der Waals surface area contributed by atoms with Crippen LogP contribution in [0.2, 0.25) is 0 Å². The van der Waals surface area contributed by atoms with E-state index < -0.39 is 0 Å². The first-order chi connectivity index (χ1) is 15.6. The van der Waals surface area contributed by atoms with Crippen molar-refractivity contribution in [2.75, 3.05) is 27.2 Å². The molecule has 4 nitrogen and oxygen atoms in total. The summed E-state index contributed by atoms with van der Waals surface area (Å²) in [4.78, 5) is 17.6. The molecule has 32 heavy (non-hydrogen) atoms. The highest BCUT2D eigenvalue weighted by Crippen LogP contribution is 2.33. The van der Waals surface area contributed by atoms with Crippen molar-refractivity contribution in [2.45, 2.75) is 63.5 Å². The van der Waals surface area contributed by atoms with Gasteiger partial charge in [0, 0.05) is 24.7 Å². The van der Waals surface area contributed by atoms with Crippen molar-refractivity contribution < 1.29 is 9.53 Å². The van der Waals surface area contributed by atoms with Crippen LogP contribution < -0.4 is 4.74 Å². The molecule has 0 spiro atoms. The van der Waals surface area contributed by atoms with Crippen LogP contribution in [0.4, 0.5) is 0 Å². The standard InChI is InChI=1S/C28H36N2O2/c1-29-16-4-3-5-27(29)24-9-8-23-18-25(13-10-22(23)17-24)30(2)28(31)21-11-14-26(15-12-21)32-19-20-6-7-20/h8-9,11-12,14-15,17,20,25,27H,3-7,10,13,16,18-19H2,1-2H3/t25-,27?/m0/s1. The number of piperidine rings is 1. The minimum absolute atomic E-state index is 0.104. The highest BCUT2D eigenvalue weighted by atomic mass is 16.5. The Balaban J connectivity index is 1.22. The van der Waals surface area contributed by atoms with Gasteiger partial charge in [-0.05, 0) is 105 Å². The summed E-state index contributed by atoms with van der Waals surface area (Å²) < 4.78 is 5.81. The largest absolute Gasteiger partial charge is 0.493 e. The highest BCUT2D eigenvalue weighted by molar-refractivity contribution is 5.94. The van der Waals surface area contributed by atoms with E-state index >= 15 is 0 Å². The first kappa shape index (κ1) is 21.5. The maximum absolute atomic E-state index is 13.1. The average Bonchev–Trinajstić information content (AvgIpc) is 3.66. The molecule has 0 N–H and O–H groups in total. The van der Waals surface area contributed by atoms with Gasteiger partial charge < -0.3 is 9.64 Å². The highest BCUT2D eigenvalue weighted by Gasteiger charge is 2.28. The monoisotopic (exact) mass is 432 g/mol. The Bertz CT molecular complexity index is 950. The maximum atomic E-state index is 13.1. The summed E-state index contributed by atoms with van der Waals surface area (Å²) in [7, 11) is 4.21. The van der Waals surface area contributed by atoms with Gasteiger partial charge in [0.25, 0.3) is 5.91 Å². The molecule has 1 saturated heterocycles. The molecular weight excluding hydrogens is 396 g/mol. The van der Waals surface area contributed by atoms with Crippen LogP contribution in [0.3, 0.4) is 0 Å². The molecule has 4 heteroatoms. The van der Waals surface area contributed by atoms with Crippen molar-refractivity contribution in [1.82, 2.24) is 9.80 Å². The molecule has 1 saturated carbocycles. The van der Waals surface area contributed by atoms with Crippen LogP contribution >= 0.6 is 0 Å². The molecule has 2 aromatic rings. The third-order valence-corrected chi connectivity index (χ3v) is 7.74. The third-order valence-electron chi connectivity index (χ3n) is 7.74. The Morgan fingerprint density at radius 1 is 1.03 bits per heavy atom. The first-order valence-corrected chi connectivity index (χ1v) is 12.4. The van der Waals surface area contributed by atoms with Gasteiger partial charge in [0.1, 0.15) is 5.75 Å². The fraction of sp³-hybridized carbons (Fsp3) is 0.536. The second kappa shape index (κ2) is 9.27. The number of likely N-dealkylation sites (N-methyl/N-ethyl adjacent to an activating group) is 1. The van der Waals surface area contributed by atoms with Gasteiger partial charge in [-0.15, -0.1) is 0 Å². The molecule has 2 aromatic carbocycles. The van der Waals surface area contributed by atoms with Crippen LogP contribution in [-0.4, -0.2) is 49.0 Å². The molecule has 0 bridgehead atoms. The number of hydrogen-bond donors (Lipinski definition) is 0. The van der Waals surface area contributed by atoms with Gasteiger partial charge in [-0.2, -0.15) is 0 Å². The van der Waals surface area contributed by atoms with Crippen molar-refractivity contribution in [3.8, 4) is 5.75 Å². The molecule has 0 aromatic heterocycles. The zero-order chi connectivity index (χ0) is 22.1. The van der Waals surface area contributed by atoms with Crippen molar-refractivity contribution >= 4 is 5.91 Å². The zero-order valence-electron chi connectivity index (χ0n) is 19.6.